The van der Waals surface area contributed by atoms with Gasteiger partial charge < -0.3 is 14.2 Å². The summed E-state index contributed by atoms with van der Waals surface area (Å²) < 4.78 is 17.3. The molecule has 2 aromatic rings. The van der Waals surface area contributed by atoms with Crippen molar-refractivity contribution in [2.45, 2.75) is 0 Å². The molecule has 94 valence electrons. The lowest BCUT2D eigenvalue weighted by Crippen LogP contribution is -1.92. The minimum Gasteiger partial charge on any atom is -0.493 e. The van der Waals surface area contributed by atoms with Crippen LogP contribution >= 0.6 is 15.9 Å². The first kappa shape index (κ1) is 12.8. The molecule has 0 heterocycles. The van der Waals surface area contributed by atoms with Crippen molar-refractivity contribution < 1.29 is 14.2 Å². The van der Waals surface area contributed by atoms with Crippen molar-refractivity contribution in [3.05, 3.63) is 46.9 Å². The van der Waals surface area contributed by atoms with Gasteiger partial charge >= 0.3 is 0 Å². The molecule has 0 saturated carbocycles. The molecule has 0 aromatic heterocycles. The second-order valence-electron chi connectivity index (χ2n) is 3.55. The van der Waals surface area contributed by atoms with Gasteiger partial charge in [-0.2, -0.15) is 0 Å². The number of methoxy groups -OCH3 is 2. The molecule has 0 spiro atoms. The lowest BCUT2D eigenvalue weighted by Gasteiger charge is -2.12. The van der Waals surface area contributed by atoms with Crippen molar-refractivity contribution >= 4 is 15.9 Å². The van der Waals surface area contributed by atoms with Crippen molar-refractivity contribution in [1.29, 1.82) is 0 Å². The van der Waals surface area contributed by atoms with Crippen LogP contribution in [0.2, 0.25) is 0 Å². The van der Waals surface area contributed by atoms with Crippen molar-refractivity contribution in [3.63, 3.8) is 0 Å². The van der Waals surface area contributed by atoms with Gasteiger partial charge in [-0.3, -0.25) is 0 Å². The molecule has 0 unspecified atom stereocenters. The largest absolute Gasteiger partial charge is 0.493 e. The van der Waals surface area contributed by atoms with E-state index in [1.54, 1.807) is 14.2 Å². The fourth-order valence-corrected chi connectivity index (χ4v) is 1.89. The van der Waals surface area contributed by atoms with Gasteiger partial charge in [0.25, 0.3) is 0 Å². The summed E-state index contributed by atoms with van der Waals surface area (Å²) in [4.78, 5) is 0. The Balaban J connectivity index is 2.33. The van der Waals surface area contributed by atoms with E-state index >= 15 is 0 Å². The van der Waals surface area contributed by atoms with E-state index in [1.807, 2.05) is 42.5 Å². The molecule has 0 bridgehead atoms. The number of rotatable bonds is 4. The molecule has 4 heteroatoms. The van der Waals surface area contributed by atoms with Gasteiger partial charge in [0.15, 0.2) is 23.0 Å². The summed E-state index contributed by atoms with van der Waals surface area (Å²) in [6, 6.07) is 13.1. The van der Waals surface area contributed by atoms with Crippen LogP contribution in [0.3, 0.4) is 0 Å². The van der Waals surface area contributed by atoms with Crippen LogP contribution in [-0.2, 0) is 0 Å². The molecular formula is C14H13BrO3. The summed E-state index contributed by atoms with van der Waals surface area (Å²) in [5.41, 5.74) is 0. The molecule has 0 N–H and O–H groups in total. The first-order chi connectivity index (χ1) is 8.74. The SMILES string of the molecule is COc1ccccc1Oc1ccc(Br)cc1OC. The van der Waals surface area contributed by atoms with Crippen LogP contribution in [0.25, 0.3) is 0 Å². The maximum atomic E-state index is 5.81. The third kappa shape index (κ3) is 2.76. The zero-order valence-electron chi connectivity index (χ0n) is 10.1. The normalized spacial score (nSPS) is 9.94. The number of hydrogen-bond acceptors (Lipinski definition) is 3. The second-order valence-corrected chi connectivity index (χ2v) is 4.46. The average molecular weight is 309 g/mol. The molecule has 0 aliphatic carbocycles. The molecule has 0 atom stereocenters. The third-order valence-corrected chi connectivity index (χ3v) is 2.91. The predicted molar refractivity (Wildman–Crippen MR) is 73.8 cm³/mol. The molecule has 0 saturated heterocycles. The van der Waals surface area contributed by atoms with Crippen LogP contribution in [0, 0.1) is 0 Å². The minimum atomic E-state index is 0.644. The Morgan fingerprint density at radius 2 is 1.39 bits per heavy atom. The fourth-order valence-electron chi connectivity index (χ4n) is 1.55. The Morgan fingerprint density at radius 3 is 2.06 bits per heavy atom. The van der Waals surface area contributed by atoms with Crippen molar-refractivity contribution in [2.24, 2.45) is 0 Å². The number of para-hydroxylation sites is 2. The lowest BCUT2D eigenvalue weighted by atomic mass is 10.3. The van der Waals surface area contributed by atoms with E-state index in [1.165, 1.54) is 0 Å². The Labute approximate surface area is 114 Å². The monoisotopic (exact) mass is 308 g/mol. The van der Waals surface area contributed by atoms with Crippen molar-refractivity contribution in [2.75, 3.05) is 14.2 Å². The molecule has 0 fully saturated rings. The van der Waals surface area contributed by atoms with Crippen molar-refractivity contribution in [3.8, 4) is 23.0 Å². The van der Waals surface area contributed by atoms with Gasteiger partial charge in [0.2, 0.25) is 0 Å². The molecule has 18 heavy (non-hydrogen) atoms. The van der Waals surface area contributed by atoms with Crippen LogP contribution in [-0.4, -0.2) is 14.2 Å². The minimum absolute atomic E-state index is 0.644. The summed E-state index contributed by atoms with van der Waals surface area (Å²) in [5.74, 6) is 2.64. The standard InChI is InChI=1S/C14H13BrO3/c1-16-11-5-3-4-6-12(11)18-13-8-7-10(15)9-14(13)17-2/h3-9H,1-2H3. The maximum absolute atomic E-state index is 5.81. The summed E-state index contributed by atoms with van der Waals surface area (Å²) in [6.07, 6.45) is 0. The van der Waals surface area contributed by atoms with E-state index in [4.69, 9.17) is 14.2 Å². The summed E-state index contributed by atoms with van der Waals surface area (Å²) in [7, 11) is 3.22. The summed E-state index contributed by atoms with van der Waals surface area (Å²) >= 11 is 3.39. The molecule has 0 radical (unpaired) electrons. The highest BCUT2D eigenvalue weighted by Gasteiger charge is 2.09. The Bertz CT molecular complexity index is 540. The van der Waals surface area contributed by atoms with E-state index in [2.05, 4.69) is 15.9 Å². The van der Waals surface area contributed by atoms with Crippen LogP contribution in [0.5, 0.6) is 23.0 Å². The zero-order valence-corrected chi connectivity index (χ0v) is 11.7. The fraction of sp³-hybridized carbons (Fsp3) is 0.143. The van der Waals surface area contributed by atoms with Gasteiger partial charge in [-0.05, 0) is 30.3 Å². The molecule has 0 aliphatic heterocycles. The summed E-state index contributed by atoms with van der Waals surface area (Å²) in [6.45, 7) is 0. The van der Waals surface area contributed by atoms with E-state index in [9.17, 15) is 0 Å². The number of benzene rings is 2. The van der Waals surface area contributed by atoms with Crippen LogP contribution in [0.15, 0.2) is 46.9 Å². The lowest BCUT2D eigenvalue weighted by molar-refractivity contribution is 0.356. The van der Waals surface area contributed by atoms with Gasteiger partial charge in [0.1, 0.15) is 0 Å². The highest BCUT2D eigenvalue weighted by atomic mass is 79.9. The number of halogens is 1. The van der Waals surface area contributed by atoms with E-state index < -0.39 is 0 Å². The van der Waals surface area contributed by atoms with Gasteiger partial charge in [-0.15, -0.1) is 0 Å². The Morgan fingerprint density at radius 1 is 0.778 bits per heavy atom. The van der Waals surface area contributed by atoms with Crippen LogP contribution < -0.4 is 14.2 Å². The highest BCUT2D eigenvalue weighted by molar-refractivity contribution is 9.10. The van der Waals surface area contributed by atoms with Crippen LogP contribution in [0.4, 0.5) is 0 Å². The molecular weight excluding hydrogens is 296 g/mol. The smallest absolute Gasteiger partial charge is 0.169 e. The van der Waals surface area contributed by atoms with Crippen molar-refractivity contribution in [1.82, 2.24) is 0 Å². The third-order valence-electron chi connectivity index (χ3n) is 2.41. The Kier molecular flexibility index (Phi) is 4.10. The molecule has 0 aliphatic rings. The maximum Gasteiger partial charge on any atom is 0.169 e. The number of hydrogen-bond donors (Lipinski definition) is 0. The second kappa shape index (κ2) is 5.78. The van der Waals surface area contributed by atoms with Gasteiger partial charge in [-0.25, -0.2) is 0 Å². The molecule has 2 aromatic carbocycles. The van der Waals surface area contributed by atoms with Gasteiger partial charge in [-0.1, -0.05) is 28.1 Å². The van der Waals surface area contributed by atoms with E-state index in [0.29, 0.717) is 23.0 Å². The molecule has 3 nitrogen and oxygen atoms in total. The van der Waals surface area contributed by atoms with Crippen LogP contribution in [0.1, 0.15) is 0 Å². The predicted octanol–water partition coefficient (Wildman–Crippen LogP) is 4.26. The van der Waals surface area contributed by atoms with Gasteiger partial charge in [0.05, 0.1) is 14.2 Å². The zero-order chi connectivity index (χ0) is 13.0. The molecule has 2 rings (SSSR count). The average Bonchev–Trinajstić information content (AvgIpc) is 2.41. The van der Waals surface area contributed by atoms with E-state index in [0.717, 1.165) is 4.47 Å². The number of ether oxygens (including phenoxy) is 3. The first-order valence-electron chi connectivity index (χ1n) is 5.39. The molecule has 0 amide bonds. The highest BCUT2D eigenvalue weighted by Crippen LogP contribution is 2.37. The quantitative estimate of drug-likeness (QED) is 0.844. The Hall–Kier alpha value is -1.68. The first-order valence-corrected chi connectivity index (χ1v) is 6.18. The summed E-state index contributed by atoms with van der Waals surface area (Å²) in [5, 5.41) is 0. The van der Waals surface area contributed by atoms with Gasteiger partial charge in [0, 0.05) is 4.47 Å². The van der Waals surface area contributed by atoms with E-state index in [-0.39, 0.29) is 0 Å². The topological polar surface area (TPSA) is 27.7 Å².